The third kappa shape index (κ3) is 3.32. The van der Waals surface area contributed by atoms with E-state index in [1.54, 1.807) is 16.8 Å². The summed E-state index contributed by atoms with van der Waals surface area (Å²) < 4.78 is 6.83. The molecule has 0 aliphatic carbocycles. The number of methoxy groups -OCH3 is 1. The number of nitrogens with one attached hydrogen (secondary N) is 1. The average molecular weight is 316 g/mol. The molecule has 6 nitrogen and oxygen atoms in total. The molecule has 0 aliphatic rings. The van der Waals surface area contributed by atoms with Crippen molar-refractivity contribution in [2.24, 2.45) is 0 Å². The lowest BCUT2D eigenvalue weighted by molar-refractivity contribution is 0.415. The Morgan fingerprint density at radius 1 is 1.30 bits per heavy atom. The molecule has 0 bridgehead atoms. The molecule has 8 heteroatoms. The minimum absolute atomic E-state index is 0.477. The van der Waals surface area contributed by atoms with Crippen LogP contribution in [0.2, 0.25) is 10.0 Å². The lowest BCUT2D eigenvalue weighted by atomic mass is 10.2. The second-order valence-corrected chi connectivity index (χ2v) is 4.99. The maximum Gasteiger partial charge on any atom is 0.243 e. The Labute approximate surface area is 127 Å². The van der Waals surface area contributed by atoms with Gasteiger partial charge in [0.1, 0.15) is 0 Å². The second-order valence-electron chi connectivity index (χ2n) is 4.17. The summed E-state index contributed by atoms with van der Waals surface area (Å²) >= 11 is 12.2. The molecular weight excluding hydrogens is 301 g/mol. The number of rotatable bonds is 6. The summed E-state index contributed by atoms with van der Waals surface area (Å²) in [7, 11) is 1.53. The first-order chi connectivity index (χ1) is 9.65. The highest BCUT2D eigenvalue weighted by Crippen LogP contribution is 2.33. The third-order valence-corrected chi connectivity index (χ3v) is 3.24. The van der Waals surface area contributed by atoms with E-state index in [2.05, 4.69) is 27.8 Å². The van der Waals surface area contributed by atoms with Gasteiger partial charge in [-0.15, -0.1) is 0 Å². The smallest absolute Gasteiger partial charge is 0.243 e. The van der Waals surface area contributed by atoms with Gasteiger partial charge in [0.15, 0.2) is 5.75 Å². The summed E-state index contributed by atoms with van der Waals surface area (Å²) in [6.45, 7) is 3.35. The fourth-order valence-electron chi connectivity index (χ4n) is 1.78. The van der Waals surface area contributed by atoms with E-state index < -0.39 is 0 Å². The van der Waals surface area contributed by atoms with Gasteiger partial charge in [-0.1, -0.05) is 35.2 Å². The number of halogens is 2. The molecule has 0 aliphatic heterocycles. The average Bonchev–Trinajstić information content (AvgIpc) is 2.84. The van der Waals surface area contributed by atoms with Gasteiger partial charge in [-0.2, -0.15) is 0 Å². The predicted octanol–water partition coefficient (Wildman–Crippen LogP) is 3.01. The molecule has 1 aromatic heterocycles. The summed E-state index contributed by atoms with van der Waals surface area (Å²) in [4.78, 5) is 0. The van der Waals surface area contributed by atoms with Crippen molar-refractivity contribution in [3.8, 4) is 5.75 Å². The molecule has 0 atom stereocenters. The van der Waals surface area contributed by atoms with Crippen LogP contribution in [0, 0.1) is 0 Å². The van der Waals surface area contributed by atoms with E-state index in [0.29, 0.717) is 28.3 Å². The normalized spacial score (nSPS) is 10.6. The van der Waals surface area contributed by atoms with Crippen LogP contribution in [0.5, 0.6) is 5.75 Å². The molecule has 1 N–H and O–H groups in total. The fraction of sp³-hybridized carbons (Fsp3) is 0.417. The monoisotopic (exact) mass is 315 g/mol. The zero-order valence-corrected chi connectivity index (χ0v) is 12.7. The lowest BCUT2D eigenvalue weighted by Gasteiger charge is -2.10. The highest BCUT2D eigenvalue weighted by molar-refractivity contribution is 6.37. The molecule has 2 rings (SSSR count). The Bertz CT molecular complexity index is 564. The largest absolute Gasteiger partial charge is 0.494 e. The SMILES string of the molecule is CCCn1nnnc1NCc1cc(Cl)c(OC)c(Cl)c1. The van der Waals surface area contributed by atoms with Crippen molar-refractivity contribution < 1.29 is 4.74 Å². The lowest BCUT2D eigenvalue weighted by Crippen LogP contribution is -2.09. The Hall–Kier alpha value is -1.53. The Morgan fingerprint density at radius 2 is 2.00 bits per heavy atom. The molecule has 20 heavy (non-hydrogen) atoms. The molecule has 0 saturated heterocycles. The molecule has 0 unspecified atom stereocenters. The van der Waals surface area contributed by atoms with E-state index in [1.807, 2.05) is 0 Å². The number of hydrogen-bond acceptors (Lipinski definition) is 5. The Morgan fingerprint density at radius 3 is 2.60 bits per heavy atom. The number of nitrogens with zero attached hydrogens (tertiary/aromatic N) is 4. The number of aromatic nitrogens is 4. The van der Waals surface area contributed by atoms with Crippen molar-refractivity contribution in [1.29, 1.82) is 0 Å². The molecule has 2 aromatic rings. The van der Waals surface area contributed by atoms with Gasteiger partial charge in [0.2, 0.25) is 5.95 Å². The first-order valence-electron chi connectivity index (χ1n) is 6.17. The summed E-state index contributed by atoms with van der Waals surface area (Å²) in [5.41, 5.74) is 0.923. The fourth-order valence-corrected chi connectivity index (χ4v) is 2.47. The second kappa shape index (κ2) is 6.76. The van der Waals surface area contributed by atoms with Crippen molar-refractivity contribution >= 4 is 29.2 Å². The van der Waals surface area contributed by atoms with E-state index in [1.165, 1.54) is 7.11 Å². The third-order valence-electron chi connectivity index (χ3n) is 2.68. The molecule has 1 aromatic carbocycles. The number of aryl methyl sites for hydroxylation is 1. The molecule has 0 spiro atoms. The number of tetrazole rings is 1. The van der Waals surface area contributed by atoms with Gasteiger partial charge in [0, 0.05) is 13.1 Å². The summed E-state index contributed by atoms with van der Waals surface area (Å²) in [5.74, 6) is 1.10. The molecule has 0 saturated carbocycles. The van der Waals surface area contributed by atoms with Crippen LogP contribution in [0.15, 0.2) is 12.1 Å². The Kier molecular flexibility index (Phi) is 5.03. The maximum atomic E-state index is 6.09. The summed E-state index contributed by atoms with van der Waals surface area (Å²) in [5, 5.41) is 15.6. The van der Waals surface area contributed by atoms with Crippen LogP contribution in [0.4, 0.5) is 5.95 Å². The van der Waals surface area contributed by atoms with E-state index in [0.717, 1.165) is 18.5 Å². The van der Waals surface area contributed by atoms with Crippen LogP contribution >= 0.6 is 23.2 Å². The molecule has 108 valence electrons. The topological polar surface area (TPSA) is 64.9 Å². The van der Waals surface area contributed by atoms with E-state index in [4.69, 9.17) is 27.9 Å². The number of benzene rings is 1. The van der Waals surface area contributed by atoms with Crippen molar-refractivity contribution in [2.45, 2.75) is 26.4 Å². The van der Waals surface area contributed by atoms with Crippen LogP contribution in [0.25, 0.3) is 0 Å². The van der Waals surface area contributed by atoms with Crippen molar-refractivity contribution in [3.05, 3.63) is 27.7 Å². The van der Waals surface area contributed by atoms with E-state index >= 15 is 0 Å². The van der Waals surface area contributed by atoms with E-state index in [-0.39, 0.29) is 0 Å². The maximum absolute atomic E-state index is 6.09. The molecule has 0 amide bonds. The standard InChI is InChI=1S/C12H15Cl2N5O/c1-3-4-19-12(16-17-18-19)15-7-8-5-9(13)11(20-2)10(14)6-8/h5-6H,3-4,7H2,1-2H3,(H,15,16,18). The van der Waals surface area contributed by atoms with Gasteiger partial charge in [0.25, 0.3) is 0 Å². The minimum atomic E-state index is 0.477. The highest BCUT2D eigenvalue weighted by atomic mass is 35.5. The first-order valence-corrected chi connectivity index (χ1v) is 6.93. The van der Waals surface area contributed by atoms with Crippen LogP contribution in [0.1, 0.15) is 18.9 Å². The molecule has 0 radical (unpaired) electrons. The number of hydrogen-bond donors (Lipinski definition) is 1. The number of anilines is 1. The van der Waals surface area contributed by atoms with Crippen LogP contribution in [-0.4, -0.2) is 27.3 Å². The first kappa shape index (κ1) is 14.9. The van der Waals surface area contributed by atoms with Crippen molar-refractivity contribution in [2.75, 3.05) is 12.4 Å². The zero-order chi connectivity index (χ0) is 14.5. The van der Waals surface area contributed by atoms with Gasteiger partial charge < -0.3 is 10.1 Å². The summed E-state index contributed by atoms with van der Waals surface area (Å²) in [6, 6.07) is 3.60. The van der Waals surface area contributed by atoms with Crippen LogP contribution < -0.4 is 10.1 Å². The predicted molar refractivity (Wildman–Crippen MR) is 78.4 cm³/mol. The van der Waals surface area contributed by atoms with Gasteiger partial charge >= 0.3 is 0 Å². The van der Waals surface area contributed by atoms with Gasteiger partial charge in [-0.3, -0.25) is 0 Å². The van der Waals surface area contributed by atoms with Crippen molar-refractivity contribution in [3.63, 3.8) is 0 Å². The molecule has 1 heterocycles. The highest BCUT2D eigenvalue weighted by Gasteiger charge is 2.10. The zero-order valence-electron chi connectivity index (χ0n) is 11.2. The van der Waals surface area contributed by atoms with Crippen molar-refractivity contribution in [1.82, 2.24) is 20.2 Å². The number of ether oxygens (including phenoxy) is 1. The van der Waals surface area contributed by atoms with Gasteiger partial charge in [-0.25, -0.2) is 4.68 Å². The van der Waals surface area contributed by atoms with E-state index in [9.17, 15) is 0 Å². The minimum Gasteiger partial charge on any atom is -0.494 e. The van der Waals surface area contributed by atoms with Gasteiger partial charge in [0.05, 0.1) is 17.2 Å². The van der Waals surface area contributed by atoms with Gasteiger partial charge in [-0.05, 0) is 34.5 Å². The van der Waals surface area contributed by atoms with Crippen LogP contribution in [0.3, 0.4) is 0 Å². The Balaban J connectivity index is 2.09. The van der Waals surface area contributed by atoms with Crippen LogP contribution in [-0.2, 0) is 13.1 Å². The molecular formula is C12H15Cl2N5O. The quantitative estimate of drug-likeness (QED) is 0.887. The summed E-state index contributed by atoms with van der Waals surface area (Å²) in [6.07, 6.45) is 0.958. The molecule has 0 fully saturated rings.